The summed E-state index contributed by atoms with van der Waals surface area (Å²) in [4.78, 5) is 27.8. The van der Waals surface area contributed by atoms with E-state index in [9.17, 15) is 20.0 Å². The van der Waals surface area contributed by atoms with E-state index in [1.807, 2.05) is 4.90 Å². The fourth-order valence-corrected chi connectivity index (χ4v) is 2.44. The molecule has 0 bridgehead atoms. The standard InChI is InChI=1S/C13H18N4O4/c1-8-3-5-16(6-4-8)12-9(13(18)19)7-10(17(20)21)11(14-2)15-12/h7-8H,3-6H2,1-2H3,(H,14,15)(H,18,19). The quantitative estimate of drug-likeness (QED) is 0.645. The Labute approximate surface area is 121 Å². The Bertz CT molecular complexity index is 568. The summed E-state index contributed by atoms with van der Waals surface area (Å²) >= 11 is 0. The highest BCUT2D eigenvalue weighted by Crippen LogP contribution is 2.31. The molecule has 0 saturated carbocycles. The number of carboxylic acids is 1. The number of aromatic nitrogens is 1. The summed E-state index contributed by atoms with van der Waals surface area (Å²) in [6.45, 7) is 3.56. The normalized spacial score (nSPS) is 15.8. The molecule has 2 rings (SSSR count). The summed E-state index contributed by atoms with van der Waals surface area (Å²) < 4.78 is 0. The maximum Gasteiger partial charge on any atom is 0.339 e. The van der Waals surface area contributed by atoms with Gasteiger partial charge in [-0.25, -0.2) is 9.78 Å². The number of nitro groups is 1. The molecule has 21 heavy (non-hydrogen) atoms. The second-order valence-corrected chi connectivity index (χ2v) is 5.21. The molecular formula is C13H18N4O4. The van der Waals surface area contributed by atoms with Crippen molar-refractivity contribution < 1.29 is 14.8 Å². The molecule has 0 spiro atoms. The topological polar surface area (TPSA) is 109 Å². The van der Waals surface area contributed by atoms with Crippen LogP contribution in [0.4, 0.5) is 17.3 Å². The van der Waals surface area contributed by atoms with Crippen molar-refractivity contribution in [3.8, 4) is 0 Å². The number of anilines is 2. The lowest BCUT2D eigenvalue weighted by molar-refractivity contribution is -0.384. The Kier molecular flexibility index (Phi) is 4.25. The molecule has 1 aromatic rings. The summed E-state index contributed by atoms with van der Waals surface area (Å²) in [5, 5.41) is 23.0. The molecular weight excluding hydrogens is 276 g/mol. The van der Waals surface area contributed by atoms with Crippen LogP contribution in [0.2, 0.25) is 0 Å². The number of aromatic carboxylic acids is 1. The summed E-state index contributed by atoms with van der Waals surface area (Å²) in [7, 11) is 1.53. The van der Waals surface area contributed by atoms with E-state index in [0.717, 1.165) is 18.9 Å². The van der Waals surface area contributed by atoms with E-state index < -0.39 is 10.9 Å². The molecule has 1 fully saturated rings. The molecule has 114 valence electrons. The molecule has 0 radical (unpaired) electrons. The summed E-state index contributed by atoms with van der Waals surface area (Å²) in [6, 6.07) is 1.08. The second-order valence-electron chi connectivity index (χ2n) is 5.21. The van der Waals surface area contributed by atoms with Gasteiger partial charge in [0.25, 0.3) is 0 Å². The highest BCUT2D eigenvalue weighted by molar-refractivity contribution is 5.95. The van der Waals surface area contributed by atoms with Crippen LogP contribution < -0.4 is 10.2 Å². The number of hydrogen-bond acceptors (Lipinski definition) is 6. The first kappa shape index (κ1) is 15.0. The third-order valence-electron chi connectivity index (χ3n) is 3.73. The van der Waals surface area contributed by atoms with Crippen molar-refractivity contribution in [3.63, 3.8) is 0 Å². The fraction of sp³-hybridized carbons (Fsp3) is 0.538. The predicted molar refractivity (Wildman–Crippen MR) is 78.0 cm³/mol. The lowest BCUT2D eigenvalue weighted by Crippen LogP contribution is -2.34. The van der Waals surface area contributed by atoms with E-state index in [-0.39, 0.29) is 17.1 Å². The van der Waals surface area contributed by atoms with E-state index >= 15 is 0 Å². The van der Waals surface area contributed by atoms with Crippen LogP contribution >= 0.6 is 0 Å². The molecule has 8 heteroatoms. The van der Waals surface area contributed by atoms with Crippen molar-refractivity contribution in [2.24, 2.45) is 5.92 Å². The van der Waals surface area contributed by atoms with Crippen LogP contribution in [0.3, 0.4) is 0 Å². The van der Waals surface area contributed by atoms with Gasteiger partial charge in [-0.05, 0) is 18.8 Å². The van der Waals surface area contributed by atoms with Gasteiger partial charge >= 0.3 is 11.7 Å². The monoisotopic (exact) mass is 294 g/mol. The van der Waals surface area contributed by atoms with E-state index in [1.165, 1.54) is 7.05 Å². The van der Waals surface area contributed by atoms with Gasteiger partial charge in [0.2, 0.25) is 5.82 Å². The van der Waals surface area contributed by atoms with Gasteiger partial charge in [-0.1, -0.05) is 6.92 Å². The van der Waals surface area contributed by atoms with Crippen molar-refractivity contribution in [3.05, 3.63) is 21.7 Å². The number of rotatable bonds is 4. The molecule has 1 aliphatic heterocycles. The SMILES string of the molecule is CNc1nc(N2CCC(C)CC2)c(C(=O)O)cc1[N+](=O)[O-]. The highest BCUT2D eigenvalue weighted by Gasteiger charge is 2.27. The molecule has 8 nitrogen and oxygen atoms in total. The van der Waals surface area contributed by atoms with Crippen LogP contribution in [0, 0.1) is 16.0 Å². The van der Waals surface area contributed by atoms with Crippen LogP contribution in [0.5, 0.6) is 0 Å². The zero-order chi connectivity index (χ0) is 15.6. The molecule has 2 N–H and O–H groups in total. The Morgan fingerprint density at radius 2 is 2.14 bits per heavy atom. The number of pyridine rings is 1. The number of carboxylic acid groups (broad SMARTS) is 1. The van der Waals surface area contributed by atoms with Gasteiger partial charge in [0.1, 0.15) is 11.4 Å². The Morgan fingerprint density at radius 3 is 2.62 bits per heavy atom. The molecule has 1 aliphatic rings. The van der Waals surface area contributed by atoms with E-state index in [2.05, 4.69) is 17.2 Å². The Hall–Kier alpha value is -2.38. The average molecular weight is 294 g/mol. The Balaban J connectivity index is 2.48. The number of nitrogens with one attached hydrogen (secondary N) is 1. The maximum atomic E-state index is 11.4. The van der Waals surface area contributed by atoms with E-state index in [1.54, 1.807) is 0 Å². The first-order chi connectivity index (χ1) is 9.93. The lowest BCUT2D eigenvalue weighted by atomic mass is 9.99. The molecule has 1 saturated heterocycles. The van der Waals surface area contributed by atoms with E-state index in [0.29, 0.717) is 24.8 Å². The number of nitrogens with zero attached hydrogens (tertiary/aromatic N) is 3. The van der Waals surface area contributed by atoms with Crippen LogP contribution in [-0.2, 0) is 0 Å². The fourth-order valence-electron chi connectivity index (χ4n) is 2.44. The minimum absolute atomic E-state index is 0.0821. The molecule has 0 unspecified atom stereocenters. The van der Waals surface area contributed by atoms with Gasteiger partial charge < -0.3 is 15.3 Å². The zero-order valence-electron chi connectivity index (χ0n) is 12.0. The van der Waals surface area contributed by atoms with Gasteiger partial charge in [-0.3, -0.25) is 10.1 Å². The van der Waals surface area contributed by atoms with Gasteiger partial charge in [0.15, 0.2) is 0 Å². The van der Waals surface area contributed by atoms with Gasteiger partial charge in [0, 0.05) is 26.2 Å². The van der Waals surface area contributed by atoms with Crippen LogP contribution in [0.15, 0.2) is 6.07 Å². The number of piperidine rings is 1. The number of hydrogen-bond donors (Lipinski definition) is 2. The third kappa shape index (κ3) is 3.04. The van der Waals surface area contributed by atoms with Crippen LogP contribution in [0.25, 0.3) is 0 Å². The average Bonchev–Trinajstić information content (AvgIpc) is 2.46. The summed E-state index contributed by atoms with van der Waals surface area (Å²) in [6.07, 6.45) is 1.90. The van der Waals surface area contributed by atoms with Crippen molar-refractivity contribution in [1.82, 2.24) is 4.98 Å². The summed E-state index contributed by atoms with van der Waals surface area (Å²) in [5.74, 6) is -0.235. The zero-order valence-corrected chi connectivity index (χ0v) is 12.0. The molecule has 0 aliphatic carbocycles. The van der Waals surface area contributed by atoms with Crippen molar-refractivity contribution in [2.45, 2.75) is 19.8 Å². The minimum atomic E-state index is -1.21. The maximum absolute atomic E-state index is 11.4. The highest BCUT2D eigenvalue weighted by atomic mass is 16.6. The van der Waals surface area contributed by atoms with Crippen molar-refractivity contribution in [1.29, 1.82) is 0 Å². The van der Waals surface area contributed by atoms with Gasteiger partial charge in [0.05, 0.1) is 4.92 Å². The van der Waals surface area contributed by atoms with E-state index in [4.69, 9.17) is 0 Å². The molecule has 2 heterocycles. The van der Waals surface area contributed by atoms with Gasteiger partial charge in [-0.15, -0.1) is 0 Å². The van der Waals surface area contributed by atoms with Crippen molar-refractivity contribution in [2.75, 3.05) is 30.4 Å². The molecule has 0 amide bonds. The second kappa shape index (κ2) is 5.94. The Morgan fingerprint density at radius 1 is 1.52 bits per heavy atom. The number of carbonyl (C=O) groups is 1. The molecule has 0 atom stereocenters. The van der Waals surface area contributed by atoms with Crippen molar-refractivity contribution >= 4 is 23.3 Å². The smallest absolute Gasteiger partial charge is 0.339 e. The van der Waals surface area contributed by atoms with Crippen LogP contribution in [-0.4, -0.2) is 41.1 Å². The largest absolute Gasteiger partial charge is 0.478 e. The van der Waals surface area contributed by atoms with Gasteiger partial charge in [-0.2, -0.15) is 0 Å². The third-order valence-corrected chi connectivity index (χ3v) is 3.73. The molecule has 0 aromatic carbocycles. The minimum Gasteiger partial charge on any atom is -0.478 e. The van der Waals surface area contributed by atoms with Crippen LogP contribution in [0.1, 0.15) is 30.1 Å². The first-order valence-corrected chi connectivity index (χ1v) is 6.79. The lowest BCUT2D eigenvalue weighted by Gasteiger charge is -2.32. The summed E-state index contributed by atoms with van der Waals surface area (Å²) in [5.41, 5.74) is -0.459. The predicted octanol–water partition coefficient (Wildman–Crippen LogP) is 1.97. The first-order valence-electron chi connectivity index (χ1n) is 6.79. The molecule has 1 aromatic heterocycles.